The van der Waals surface area contributed by atoms with Crippen molar-refractivity contribution in [2.75, 3.05) is 7.11 Å². The van der Waals surface area contributed by atoms with Crippen LogP contribution in [-0.2, 0) is 4.84 Å². The monoisotopic (exact) mass is 382 g/mol. The summed E-state index contributed by atoms with van der Waals surface area (Å²) in [5.74, 6) is -0.168. The number of rotatable bonds is 4. The highest BCUT2D eigenvalue weighted by Gasteiger charge is 2.13. The molecule has 0 heterocycles. The number of carbonyl (C=O) groups excluding carboxylic acids is 1. The maximum Gasteiger partial charge on any atom is 0.366 e. The number of hydrogen-bond acceptors (Lipinski definition) is 4. The molecule has 0 aliphatic carbocycles. The van der Waals surface area contributed by atoms with Crippen LogP contribution in [0.15, 0.2) is 52.1 Å². The molecule has 2 N–H and O–H groups in total. The predicted molar refractivity (Wildman–Crippen MR) is 88.3 cm³/mol. The van der Waals surface area contributed by atoms with E-state index in [1.807, 2.05) is 0 Å². The zero-order valence-electron chi connectivity index (χ0n) is 11.5. The summed E-state index contributed by atoms with van der Waals surface area (Å²) in [6.07, 6.45) is 0. The quantitative estimate of drug-likeness (QED) is 0.379. The van der Waals surface area contributed by atoms with Gasteiger partial charge in [-0.2, -0.15) is 0 Å². The number of benzene rings is 2. The van der Waals surface area contributed by atoms with Crippen LogP contribution in [0.3, 0.4) is 0 Å². The minimum Gasteiger partial charge on any atom is -0.496 e. The highest BCUT2D eigenvalue weighted by molar-refractivity contribution is 9.10. The fraction of sp³-hybridized carbons (Fsp3) is 0.0667. The van der Waals surface area contributed by atoms with Crippen LogP contribution in [0.5, 0.6) is 5.75 Å². The molecule has 0 radical (unpaired) electrons. The van der Waals surface area contributed by atoms with Gasteiger partial charge in [0.15, 0.2) is 5.84 Å². The van der Waals surface area contributed by atoms with Crippen molar-refractivity contribution < 1.29 is 14.4 Å². The third-order valence-electron chi connectivity index (χ3n) is 2.76. The minimum absolute atomic E-state index is 0.0141. The van der Waals surface area contributed by atoms with Crippen LogP contribution in [-0.4, -0.2) is 18.9 Å². The molecule has 0 amide bonds. The highest BCUT2D eigenvalue weighted by Crippen LogP contribution is 2.22. The second kappa shape index (κ2) is 7.29. The molecule has 0 saturated carbocycles. The fourth-order valence-corrected chi connectivity index (χ4v) is 2.31. The molecular weight excluding hydrogens is 372 g/mol. The number of amidine groups is 1. The van der Waals surface area contributed by atoms with E-state index in [1.165, 1.54) is 7.11 Å². The van der Waals surface area contributed by atoms with Gasteiger partial charge in [0, 0.05) is 9.50 Å². The third kappa shape index (κ3) is 3.78. The van der Waals surface area contributed by atoms with Crippen LogP contribution in [0, 0.1) is 0 Å². The maximum atomic E-state index is 12.0. The van der Waals surface area contributed by atoms with Gasteiger partial charge < -0.3 is 15.3 Å². The summed E-state index contributed by atoms with van der Waals surface area (Å²) in [4.78, 5) is 16.8. The van der Waals surface area contributed by atoms with Crippen molar-refractivity contribution in [1.29, 1.82) is 0 Å². The zero-order valence-corrected chi connectivity index (χ0v) is 13.9. The Balaban J connectivity index is 2.22. The van der Waals surface area contributed by atoms with Crippen LogP contribution in [0.2, 0.25) is 5.02 Å². The van der Waals surface area contributed by atoms with E-state index < -0.39 is 5.97 Å². The van der Waals surface area contributed by atoms with Gasteiger partial charge in [-0.15, -0.1) is 0 Å². The average Bonchev–Trinajstić information content (AvgIpc) is 2.52. The van der Waals surface area contributed by atoms with Crippen LogP contribution < -0.4 is 10.5 Å². The molecule has 5 nitrogen and oxygen atoms in total. The molecule has 0 aromatic heterocycles. The second-order valence-corrected chi connectivity index (χ2v) is 5.47. The minimum atomic E-state index is -0.628. The number of oxime groups is 1. The van der Waals surface area contributed by atoms with Crippen molar-refractivity contribution in [2.45, 2.75) is 0 Å². The molecule has 114 valence electrons. The topological polar surface area (TPSA) is 73.9 Å². The van der Waals surface area contributed by atoms with Gasteiger partial charge >= 0.3 is 5.97 Å². The third-order valence-corrected chi connectivity index (χ3v) is 3.68. The highest BCUT2D eigenvalue weighted by atomic mass is 79.9. The summed E-state index contributed by atoms with van der Waals surface area (Å²) >= 11 is 9.18. The van der Waals surface area contributed by atoms with E-state index in [2.05, 4.69) is 21.1 Å². The molecule has 0 bridgehead atoms. The maximum absolute atomic E-state index is 12.0. The average molecular weight is 384 g/mol. The van der Waals surface area contributed by atoms with Gasteiger partial charge in [-0.1, -0.05) is 28.9 Å². The Hall–Kier alpha value is -2.05. The van der Waals surface area contributed by atoms with Crippen molar-refractivity contribution in [3.05, 3.63) is 63.1 Å². The van der Waals surface area contributed by atoms with Crippen LogP contribution in [0.1, 0.15) is 15.9 Å². The van der Waals surface area contributed by atoms with Gasteiger partial charge in [0.2, 0.25) is 0 Å². The van der Waals surface area contributed by atoms with Crippen LogP contribution in [0.25, 0.3) is 0 Å². The second-order valence-electron chi connectivity index (χ2n) is 4.18. The lowest BCUT2D eigenvalue weighted by Gasteiger charge is -2.08. The summed E-state index contributed by atoms with van der Waals surface area (Å²) in [7, 11) is 1.49. The van der Waals surface area contributed by atoms with Gasteiger partial charge in [0.25, 0.3) is 0 Å². The van der Waals surface area contributed by atoms with E-state index in [0.29, 0.717) is 26.4 Å². The number of halogens is 2. The predicted octanol–water partition coefficient (Wildman–Crippen LogP) is 3.59. The first kappa shape index (κ1) is 16.3. The fourth-order valence-electron chi connectivity index (χ4n) is 1.70. The molecule has 0 unspecified atom stereocenters. The Bertz CT molecular complexity index is 734. The lowest BCUT2D eigenvalue weighted by Crippen LogP contribution is -2.16. The first-order chi connectivity index (χ1) is 10.5. The molecule has 0 fully saturated rings. The van der Waals surface area contributed by atoms with E-state index in [0.717, 1.165) is 0 Å². The van der Waals surface area contributed by atoms with Gasteiger partial charge in [0.1, 0.15) is 5.75 Å². The molecule has 0 saturated heterocycles. The number of carbonyl (C=O) groups is 1. The van der Waals surface area contributed by atoms with E-state index in [1.54, 1.807) is 42.5 Å². The van der Waals surface area contributed by atoms with E-state index >= 15 is 0 Å². The van der Waals surface area contributed by atoms with Crippen molar-refractivity contribution in [3.63, 3.8) is 0 Å². The Morgan fingerprint density at radius 3 is 2.64 bits per heavy atom. The van der Waals surface area contributed by atoms with Crippen LogP contribution >= 0.6 is 27.5 Å². The zero-order chi connectivity index (χ0) is 16.1. The molecule has 7 heteroatoms. The molecule has 2 aromatic carbocycles. The molecule has 0 aliphatic heterocycles. The van der Waals surface area contributed by atoms with E-state index in [-0.39, 0.29) is 5.84 Å². The smallest absolute Gasteiger partial charge is 0.366 e. The molecule has 22 heavy (non-hydrogen) atoms. The van der Waals surface area contributed by atoms with E-state index in [9.17, 15) is 4.79 Å². The number of methoxy groups -OCH3 is 1. The van der Waals surface area contributed by atoms with Gasteiger partial charge in [-0.3, -0.25) is 0 Å². The van der Waals surface area contributed by atoms with Crippen molar-refractivity contribution in [3.8, 4) is 5.75 Å². The van der Waals surface area contributed by atoms with E-state index in [4.69, 9.17) is 26.9 Å². The van der Waals surface area contributed by atoms with Gasteiger partial charge in [-0.05, 0) is 46.3 Å². The van der Waals surface area contributed by atoms with Gasteiger partial charge in [0.05, 0.1) is 18.2 Å². The first-order valence-electron chi connectivity index (χ1n) is 6.16. The number of nitrogens with two attached hydrogens (primary N) is 1. The summed E-state index contributed by atoms with van der Waals surface area (Å²) in [6.45, 7) is 0. The summed E-state index contributed by atoms with van der Waals surface area (Å²) in [6, 6.07) is 11.7. The van der Waals surface area contributed by atoms with Crippen LogP contribution in [0.4, 0.5) is 0 Å². The Morgan fingerprint density at radius 1 is 1.23 bits per heavy atom. The molecular formula is C15H12BrClN2O3. The number of nitrogens with zero attached hydrogens (tertiary/aromatic N) is 1. The largest absolute Gasteiger partial charge is 0.496 e. The summed E-state index contributed by atoms with van der Waals surface area (Å²) in [5, 5.41) is 4.11. The molecule has 2 rings (SSSR count). The molecule has 0 atom stereocenters. The number of ether oxygens (including phenoxy) is 1. The standard InChI is InChI=1S/C15H12BrClN2O3/c1-21-13-7-6-9(17)8-11(13)14(18)19-22-15(20)10-4-2-3-5-12(10)16/h2-8H,1H3,(H2,18,19). The van der Waals surface area contributed by atoms with Crippen molar-refractivity contribution in [2.24, 2.45) is 10.9 Å². The lowest BCUT2D eigenvalue weighted by molar-refractivity contribution is 0.0515. The first-order valence-corrected chi connectivity index (χ1v) is 7.33. The SMILES string of the molecule is COc1ccc(Cl)cc1/C(N)=N/OC(=O)c1ccccc1Br. The molecule has 0 spiro atoms. The summed E-state index contributed by atoms with van der Waals surface area (Å²) in [5.41, 5.74) is 6.61. The van der Waals surface area contributed by atoms with Crippen molar-refractivity contribution >= 4 is 39.3 Å². The van der Waals surface area contributed by atoms with Gasteiger partial charge in [-0.25, -0.2) is 4.79 Å². The Kier molecular flexibility index (Phi) is 5.41. The lowest BCUT2D eigenvalue weighted by atomic mass is 10.2. The summed E-state index contributed by atoms with van der Waals surface area (Å²) < 4.78 is 5.77. The van der Waals surface area contributed by atoms with Crippen molar-refractivity contribution in [1.82, 2.24) is 0 Å². The molecule has 0 aliphatic rings. The number of hydrogen-bond donors (Lipinski definition) is 1. The Labute approximate surface area is 140 Å². The normalized spacial score (nSPS) is 11.1. The Morgan fingerprint density at radius 2 is 1.95 bits per heavy atom. The molecule has 2 aromatic rings.